The van der Waals surface area contributed by atoms with Gasteiger partial charge in [-0.25, -0.2) is 0 Å². The Bertz CT molecular complexity index is 967. The zero-order chi connectivity index (χ0) is 19.9. The molecule has 0 heterocycles. The quantitative estimate of drug-likeness (QED) is 0.423. The first-order valence-corrected chi connectivity index (χ1v) is 8.40. The number of rotatable bonds is 5. The molecule has 3 rings (SSSR count). The number of methoxy groups -OCH3 is 1. The number of amides is 1. The molecule has 2 aromatic carbocycles. The SMILES string of the molecule is COc1cc(C(C)C)ccc1[C@]1(O)C(=O)c2c(N)ccc(NC=O)c2C1=O. The van der Waals surface area contributed by atoms with E-state index < -0.39 is 17.2 Å². The van der Waals surface area contributed by atoms with E-state index in [1.54, 1.807) is 12.1 Å². The molecule has 0 saturated carbocycles. The van der Waals surface area contributed by atoms with Crippen LogP contribution in [0.3, 0.4) is 0 Å². The highest BCUT2D eigenvalue weighted by Crippen LogP contribution is 2.46. The first-order chi connectivity index (χ1) is 12.8. The smallest absolute Gasteiger partial charge is 0.220 e. The third-order valence-corrected chi connectivity index (χ3v) is 4.85. The van der Waals surface area contributed by atoms with E-state index in [9.17, 15) is 19.5 Å². The lowest BCUT2D eigenvalue weighted by atomic mass is 9.86. The highest BCUT2D eigenvalue weighted by atomic mass is 16.5. The number of carbonyl (C=O) groups is 3. The average Bonchev–Trinajstić information content (AvgIpc) is 2.86. The van der Waals surface area contributed by atoms with Gasteiger partial charge in [-0.05, 0) is 29.7 Å². The van der Waals surface area contributed by atoms with Gasteiger partial charge in [0, 0.05) is 11.3 Å². The van der Waals surface area contributed by atoms with E-state index in [0.717, 1.165) is 5.56 Å². The fraction of sp³-hybridized carbons (Fsp3) is 0.250. The van der Waals surface area contributed by atoms with Gasteiger partial charge in [-0.3, -0.25) is 14.4 Å². The maximum absolute atomic E-state index is 13.1. The number of nitrogens with one attached hydrogen (secondary N) is 1. The normalized spacial score (nSPS) is 18.6. The number of nitrogens with two attached hydrogens (primary N) is 1. The van der Waals surface area contributed by atoms with Crippen LogP contribution in [-0.4, -0.2) is 30.2 Å². The van der Waals surface area contributed by atoms with Crippen LogP contribution in [0, 0.1) is 0 Å². The van der Waals surface area contributed by atoms with Crippen LogP contribution >= 0.6 is 0 Å². The van der Waals surface area contributed by atoms with Crippen LogP contribution < -0.4 is 15.8 Å². The maximum atomic E-state index is 13.1. The summed E-state index contributed by atoms with van der Waals surface area (Å²) >= 11 is 0. The molecule has 4 N–H and O–H groups in total. The number of carbonyl (C=O) groups excluding carboxylic acids is 3. The van der Waals surface area contributed by atoms with E-state index in [4.69, 9.17) is 10.5 Å². The molecule has 1 atom stereocenters. The summed E-state index contributed by atoms with van der Waals surface area (Å²) in [5, 5.41) is 13.6. The number of hydrogen-bond donors (Lipinski definition) is 3. The topological polar surface area (TPSA) is 119 Å². The van der Waals surface area contributed by atoms with Gasteiger partial charge in [-0.1, -0.05) is 26.0 Å². The summed E-state index contributed by atoms with van der Waals surface area (Å²) in [5.74, 6) is -1.28. The van der Waals surface area contributed by atoms with Crippen LogP contribution in [0.2, 0.25) is 0 Å². The van der Waals surface area contributed by atoms with E-state index >= 15 is 0 Å². The van der Waals surface area contributed by atoms with Gasteiger partial charge in [0.05, 0.1) is 23.9 Å². The Hall–Kier alpha value is -3.19. The van der Waals surface area contributed by atoms with E-state index in [0.29, 0.717) is 6.41 Å². The molecule has 0 unspecified atom stereocenters. The number of anilines is 2. The number of Topliss-reactive ketones (excluding diaryl/α,β-unsaturated/α-hetero) is 2. The minimum absolute atomic E-state index is 0.0389. The minimum atomic E-state index is -2.47. The lowest BCUT2D eigenvalue weighted by Crippen LogP contribution is -2.38. The van der Waals surface area contributed by atoms with Crippen molar-refractivity contribution in [3.05, 3.63) is 52.6 Å². The minimum Gasteiger partial charge on any atom is -0.496 e. The molecule has 0 fully saturated rings. The van der Waals surface area contributed by atoms with Gasteiger partial charge in [0.1, 0.15) is 5.75 Å². The predicted molar refractivity (Wildman–Crippen MR) is 100 cm³/mol. The second-order valence-corrected chi connectivity index (χ2v) is 6.70. The number of aliphatic hydroxyl groups is 1. The molecule has 0 bridgehead atoms. The van der Waals surface area contributed by atoms with E-state index in [1.807, 2.05) is 13.8 Å². The van der Waals surface area contributed by atoms with E-state index in [-0.39, 0.29) is 39.7 Å². The Kier molecular flexibility index (Phi) is 4.49. The van der Waals surface area contributed by atoms with Crippen molar-refractivity contribution in [2.45, 2.75) is 25.4 Å². The largest absolute Gasteiger partial charge is 0.496 e. The monoisotopic (exact) mass is 368 g/mol. The Balaban J connectivity index is 2.25. The van der Waals surface area contributed by atoms with Gasteiger partial charge in [0.2, 0.25) is 23.6 Å². The zero-order valence-electron chi connectivity index (χ0n) is 15.2. The number of fused-ring (bicyclic) bond motifs is 1. The lowest BCUT2D eigenvalue weighted by Gasteiger charge is -2.23. The molecular weight excluding hydrogens is 348 g/mol. The molecule has 0 aliphatic heterocycles. The number of hydrogen-bond acceptors (Lipinski definition) is 6. The maximum Gasteiger partial charge on any atom is 0.220 e. The second kappa shape index (κ2) is 6.51. The van der Waals surface area contributed by atoms with Crippen molar-refractivity contribution >= 4 is 29.4 Å². The van der Waals surface area contributed by atoms with Gasteiger partial charge < -0.3 is 20.9 Å². The molecule has 1 aliphatic carbocycles. The standard InChI is InChI=1S/C20H20N2O5/c1-10(2)11-4-5-12(15(8-11)27-3)20(26)18(24)16-13(21)6-7-14(22-9-23)17(16)19(20)25/h4-10,26H,21H2,1-3H3,(H,22,23)/t20-/m0/s1. The molecule has 0 saturated heterocycles. The van der Waals surface area contributed by atoms with Gasteiger partial charge >= 0.3 is 0 Å². The van der Waals surface area contributed by atoms with Crippen molar-refractivity contribution < 1.29 is 24.2 Å². The molecule has 1 aliphatic rings. The molecule has 2 aromatic rings. The molecule has 140 valence electrons. The fourth-order valence-electron chi connectivity index (χ4n) is 3.36. The molecule has 27 heavy (non-hydrogen) atoms. The lowest BCUT2D eigenvalue weighted by molar-refractivity contribution is -0.105. The summed E-state index contributed by atoms with van der Waals surface area (Å²) in [6.07, 6.45) is 0.388. The third kappa shape index (κ3) is 2.59. The molecule has 1 amide bonds. The van der Waals surface area contributed by atoms with Crippen molar-refractivity contribution in [2.75, 3.05) is 18.2 Å². The van der Waals surface area contributed by atoms with Gasteiger partial charge in [0.25, 0.3) is 0 Å². The van der Waals surface area contributed by atoms with Crippen LogP contribution in [0.4, 0.5) is 11.4 Å². The summed E-state index contributed by atoms with van der Waals surface area (Å²) < 4.78 is 5.35. The zero-order valence-corrected chi connectivity index (χ0v) is 15.2. The summed E-state index contributed by atoms with van der Waals surface area (Å²) in [7, 11) is 1.40. The Morgan fingerprint density at radius 3 is 2.41 bits per heavy atom. The first-order valence-electron chi connectivity index (χ1n) is 8.40. The van der Waals surface area contributed by atoms with Crippen LogP contribution in [0.1, 0.15) is 51.6 Å². The van der Waals surface area contributed by atoms with Crippen molar-refractivity contribution in [1.29, 1.82) is 0 Å². The Morgan fingerprint density at radius 2 is 1.81 bits per heavy atom. The molecule has 0 radical (unpaired) electrons. The summed E-state index contributed by atoms with van der Waals surface area (Å²) in [5.41, 5.74) is 4.33. The van der Waals surface area contributed by atoms with E-state index in [1.165, 1.54) is 25.3 Å². The van der Waals surface area contributed by atoms with Crippen molar-refractivity contribution in [2.24, 2.45) is 0 Å². The first kappa shape index (κ1) is 18.6. The predicted octanol–water partition coefficient (Wildman–Crippen LogP) is 2.24. The van der Waals surface area contributed by atoms with E-state index in [2.05, 4.69) is 5.32 Å². The van der Waals surface area contributed by atoms with Crippen molar-refractivity contribution in [3.8, 4) is 5.75 Å². The third-order valence-electron chi connectivity index (χ3n) is 4.85. The van der Waals surface area contributed by atoms with Gasteiger partial charge in [0.15, 0.2) is 0 Å². The van der Waals surface area contributed by atoms with Crippen LogP contribution in [-0.2, 0) is 10.4 Å². The fourth-order valence-corrected chi connectivity index (χ4v) is 3.36. The van der Waals surface area contributed by atoms with Gasteiger partial charge in [-0.2, -0.15) is 0 Å². The van der Waals surface area contributed by atoms with Crippen LogP contribution in [0.25, 0.3) is 0 Å². The number of ether oxygens (including phenoxy) is 1. The van der Waals surface area contributed by atoms with Crippen molar-refractivity contribution in [3.63, 3.8) is 0 Å². The van der Waals surface area contributed by atoms with Gasteiger partial charge in [-0.15, -0.1) is 0 Å². The van der Waals surface area contributed by atoms with Crippen LogP contribution in [0.5, 0.6) is 5.75 Å². The highest BCUT2D eigenvalue weighted by Gasteiger charge is 2.56. The van der Waals surface area contributed by atoms with Crippen LogP contribution in [0.15, 0.2) is 30.3 Å². The average molecular weight is 368 g/mol. The number of benzene rings is 2. The molecule has 7 nitrogen and oxygen atoms in total. The second-order valence-electron chi connectivity index (χ2n) is 6.70. The Morgan fingerprint density at radius 1 is 1.15 bits per heavy atom. The van der Waals surface area contributed by atoms with Crippen molar-refractivity contribution in [1.82, 2.24) is 0 Å². The number of ketones is 2. The molecule has 7 heteroatoms. The summed E-state index contributed by atoms with van der Waals surface area (Å²) in [4.78, 5) is 37.1. The molecule has 0 aromatic heterocycles. The number of nitrogen functional groups attached to an aromatic ring is 1. The molecule has 0 spiro atoms. The summed E-state index contributed by atoms with van der Waals surface area (Å²) in [6, 6.07) is 7.76. The Labute approximate surface area is 156 Å². The highest BCUT2D eigenvalue weighted by molar-refractivity contribution is 6.35. The summed E-state index contributed by atoms with van der Waals surface area (Å²) in [6.45, 7) is 3.98. The molecular formula is C20H20N2O5.